The highest BCUT2D eigenvalue weighted by molar-refractivity contribution is 5.78. The van der Waals surface area contributed by atoms with E-state index in [1.165, 1.54) is 0 Å². The molecular weight excluding hydrogens is 404 g/mol. The van der Waals surface area contributed by atoms with Gasteiger partial charge in [0.1, 0.15) is 17.3 Å². The fourth-order valence-corrected chi connectivity index (χ4v) is 4.29. The van der Waals surface area contributed by atoms with Crippen LogP contribution in [-0.4, -0.2) is 42.6 Å². The highest BCUT2D eigenvalue weighted by atomic mass is 16.5. The van der Waals surface area contributed by atoms with Gasteiger partial charge in [0.25, 0.3) is 5.91 Å². The van der Waals surface area contributed by atoms with E-state index in [9.17, 15) is 4.79 Å². The number of carbonyl (C=O) groups excluding carboxylic acids is 1. The molecule has 1 fully saturated rings. The van der Waals surface area contributed by atoms with Crippen LogP contribution in [-0.2, 0) is 11.2 Å². The van der Waals surface area contributed by atoms with Gasteiger partial charge in [-0.15, -0.1) is 0 Å². The van der Waals surface area contributed by atoms with Gasteiger partial charge in [0, 0.05) is 25.1 Å². The van der Waals surface area contributed by atoms with Crippen LogP contribution in [0.1, 0.15) is 47.1 Å². The molecule has 1 atom stereocenters. The molecule has 0 saturated carbocycles. The maximum atomic E-state index is 12.8. The molecule has 0 spiro atoms. The van der Waals surface area contributed by atoms with Crippen LogP contribution in [0, 0.1) is 13.8 Å². The third-order valence-corrected chi connectivity index (χ3v) is 6.00. The molecule has 1 saturated heterocycles. The van der Waals surface area contributed by atoms with Gasteiger partial charge in [-0.2, -0.15) is 0 Å². The van der Waals surface area contributed by atoms with E-state index in [0.29, 0.717) is 18.9 Å². The number of ether oxygens (including phenoxy) is 2. The molecule has 1 aliphatic rings. The Kier molecular flexibility index (Phi) is 6.78. The zero-order valence-electron chi connectivity index (χ0n) is 19.0. The first-order valence-corrected chi connectivity index (χ1v) is 11.1. The van der Waals surface area contributed by atoms with Gasteiger partial charge in [-0.05, 0) is 43.9 Å². The predicted molar refractivity (Wildman–Crippen MR) is 122 cm³/mol. The quantitative estimate of drug-likeness (QED) is 0.540. The van der Waals surface area contributed by atoms with Crippen LogP contribution in [0.15, 0.2) is 53.1 Å². The van der Waals surface area contributed by atoms with E-state index in [-0.39, 0.29) is 18.4 Å². The van der Waals surface area contributed by atoms with Crippen molar-refractivity contribution in [3.05, 3.63) is 77.0 Å². The van der Waals surface area contributed by atoms with Crippen molar-refractivity contribution >= 4 is 5.91 Å². The fraction of sp³-hybridized carbons (Fsp3) is 0.385. The standard InChI is InChI=1S/C26H30N2O4/c1-18-8-6-9-19(2)25(18)31-17-24(29)28-13-7-11-21(16-28)26-27-15-22(32-26)14-20-10-4-5-12-23(20)30-3/h4-6,8-10,12,15,21H,7,11,13-14,16-17H2,1-3H3/t21-/m0/s1. The van der Waals surface area contributed by atoms with Crippen LogP contribution >= 0.6 is 0 Å². The molecule has 6 heteroatoms. The summed E-state index contributed by atoms with van der Waals surface area (Å²) in [6, 6.07) is 13.9. The lowest BCUT2D eigenvalue weighted by Gasteiger charge is -2.31. The van der Waals surface area contributed by atoms with Crippen molar-refractivity contribution in [1.82, 2.24) is 9.88 Å². The zero-order chi connectivity index (χ0) is 22.5. The Balaban J connectivity index is 1.37. The number of hydrogen-bond acceptors (Lipinski definition) is 5. The molecule has 4 rings (SSSR count). The van der Waals surface area contributed by atoms with Gasteiger partial charge < -0.3 is 18.8 Å². The first kappa shape index (κ1) is 21.9. The minimum atomic E-state index is -0.00171. The second-order valence-corrected chi connectivity index (χ2v) is 8.34. The van der Waals surface area contributed by atoms with Crippen molar-refractivity contribution in [3.8, 4) is 11.5 Å². The molecule has 1 amide bonds. The first-order chi connectivity index (χ1) is 15.5. The molecule has 3 aromatic rings. The monoisotopic (exact) mass is 434 g/mol. The number of para-hydroxylation sites is 2. The van der Waals surface area contributed by atoms with Crippen LogP contribution < -0.4 is 9.47 Å². The number of oxazole rings is 1. The maximum Gasteiger partial charge on any atom is 0.260 e. The van der Waals surface area contributed by atoms with Crippen LogP contribution in [0.25, 0.3) is 0 Å². The molecule has 32 heavy (non-hydrogen) atoms. The molecule has 0 N–H and O–H groups in total. The van der Waals surface area contributed by atoms with Crippen molar-refractivity contribution in [1.29, 1.82) is 0 Å². The molecule has 6 nitrogen and oxygen atoms in total. The summed E-state index contributed by atoms with van der Waals surface area (Å²) in [5.41, 5.74) is 3.13. The average molecular weight is 435 g/mol. The lowest BCUT2D eigenvalue weighted by Crippen LogP contribution is -2.41. The summed E-state index contributed by atoms with van der Waals surface area (Å²) in [7, 11) is 1.67. The normalized spacial score (nSPS) is 16.1. The van der Waals surface area contributed by atoms with Gasteiger partial charge in [-0.1, -0.05) is 36.4 Å². The SMILES string of the molecule is COc1ccccc1Cc1cnc([C@H]2CCCN(C(=O)COc3c(C)cccc3C)C2)o1. The topological polar surface area (TPSA) is 64.8 Å². The molecule has 1 aliphatic heterocycles. The average Bonchev–Trinajstić information content (AvgIpc) is 3.27. The minimum absolute atomic E-state index is 0.00171. The molecule has 1 aromatic heterocycles. The van der Waals surface area contributed by atoms with Gasteiger partial charge >= 0.3 is 0 Å². The number of carbonyl (C=O) groups is 1. The third-order valence-electron chi connectivity index (χ3n) is 6.00. The third kappa shape index (κ3) is 4.96. The Morgan fingerprint density at radius 2 is 1.94 bits per heavy atom. The van der Waals surface area contributed by atoms with E-state index in [1.807, 2.05) is 61.2 Å². The number of benzene rings is 2. The van der Waals surface area contributed by atoms with E-state index < -0.39 is 0 Å². The predicted octanol–water partition coefficient (Wildman–Crippen LogP) is 4.68. The van der Waals surface area contributed by atoms with Crippen molar-refractivity contribution in [2.75, 3.05) is 26.8 Å². The van der Waals surface area contributed by atoms with Crippen molar-refractivity contribution in [2.45, 2.75) is 39.0 Å². The molecule has 0 unspecified atom stereocenters. The molecule has 2 aromatic carbocycles. The van der Waals surface area contributed by atoms with Crippen LogP contribution in [0.5, 0.6) is 11.5 Å². The Bertz CT molecular complexity index is 1050. The van der Waals surface area contributed by atoms with Gasteiger partial charge in [0.2, 0.25) is 0 Å². The number of nitrogens with zero attached hydrogens (tertiary/aromatic N) is 2. The number of hydrogen-bond donors (Lipinski definition) is 0. The molecule has 2 heterocycles. The number of amides is 1. The number of piperidine rings is 1. The van der Waals surface area contributed by atoms with Crippen molar-refractivity contribution in [2.24, 2.45) is 0 Å². The number of aryl methyl sites for hydroxylation is 2. The van der Waals surface area contributed by atoms with Crippen molar-refractivity contribution in [3.63, 3.8) is 0 Å². The van der Waals surface area contributed by atoms with Gasteiger partial charge in [0.05, 0.1) is 19.2 Å². The summed E-state index contributed by atoms with van der Waals surface area (Å²) in [6.45, 7) is 5.37. The Morgan fingerprint density at radius 3 is 2.72 bits per heavy atom. The van der Waals surface area contributed by atoms with E-state index in [0.717, 1.165) is 53.3 Å². The molecule has 168 valence electrons. The molecule has 0 bridgehead atoms. The molecule has 0 aliphatic carbocycles. The lowest BCUT2D eigenvalue weighted by molar-refractivity contribution is -0.134. The van der Waals surface area contributed by atoms with Crippen LogP contribution in [0.2, 0.25) is 0 Å². The number of likely N-dealkylation sites (tertiary alicyclic amines) is 1. The van der Waals surface area contributed by atoms with E-state index >= 15 is 0 Å². The summed E-state index contributed by atoms with van der Waals surface area (Å²) in [4.78, 5) is 19.2. The van der Waals surface area contributed by atoms with E-state index in [4.69, 9.17) is 13.9 Å². The van der Waals surface area contributed by atoms with Gasteiger partial charge in [0.15, 0.2) is 12.5 Å². The Morgan fingerprint density at radius 1 is 1.16 bits per heavy atom. The Hall–Kier alpha value is -3.28. The zero-order valence-corrected chi connectivity index (χ0v) is 19.0. The second kappa shape index (κ2) is 9.90. The molecule has 0 radical (unpaired) electrons. The van der Waals surface area contributed by atoms with Crippen LogP contribution in [0.4, 0.5) is 0 Å². The van der Waals surface area contributed by atoms with E-state index in [2.05, 4.69) is 4.98 Å². The second-order valence-electron chi connectivity index (χ2n) is 8.34. The smallest absolute Gasteiger partial charge is 0.260 e. The minimum Gasteiger partial charge on any atom is -0.496 e. The number of rotatable bonds is 7. The van der Waals surface area contributed by atoms with Crippen molar-refractivity contribution < 1.29 is 18.7 Å². The number of methoxy groups -OCH3 is 1. The van der Waals surface area contributed by atoms with Gasteiger partial charge in [-0.25, -0.2) is 4.98 Å². The summed E-state index contributed by atoms with van der Waals surface area (Å²) in [5.74, 6) is 3.22. The lowest BCUT2D eigenvalue weighted by atomic mass is 9.98. The highest BCUT2D eigenvalue weighted by Gasteiger charge is 2.28. The summed E-state index contributed by atoms with van der Waals surface area (Å²) >= 11 is 0. The maximum absolute atomic E-state index is 12.8. The summed E-state index contributed by atoms with van der Waals surface area (Å²) < 4.78 is 17.4. The van der Waals surface area contributed by atoms with Crippen LogP contribution in [0.3, 0.4) is 0 Å². The fourth-order valence-electron chi connectivity index (χ4n) is 4.29. The largest absolute Gasteiger partial charge is 0.496 e. The summed E-state index contributed by atoms with van der Waals surface area (Å²) in [6.07, 6.45) is 4.28. The summed E-state index contributed by atoms with van der Waals surface area (Å²) in [5, 5.41) is 0. The first-order valence-electron chi connectivity index (χ1n) is 11.1. The van der Waals surface area contributed by atoms with E-state index in [1.54, 1.807) is 13.3 Å². The number of aromatic nitrogens is 1. The highest BCUT2D eigenvalue weighted by Crippen LogP contribution is 2.29. The molecular formula is C26H30N2O4. The Labute approximate surface area is 189 Å². The van der Waals surface area contributed by atoms with Gasteiger partial charge in [-0.3, -0.25) is 4.79 Å².